The maximum atomic E-state index is 11.1. The average molecular weight is 212 g/mol. The molecule has 4 heteroatoms. The Kier molecular flexibility index (Phi) is 3.25. The molecule has 0 fully saturated rings. The van der Waals surface area contributed by atoms with Crippen LogP contribution in [-0.2, 0) is 4.79 Å². The molecule has 0 aliphatic heterocycles. The van der Waals surface area contributed by atoms with E-state index >= 15 is 0 Å². The maximum Gasteiger partial charge on any atom is 0.221 e. The summed E-state index contributed by atoms with van der Waals surface area (Å²) >= 11 is 5.91. The second-order valence-corrected chi connectivity index (χ2v) is 3.28. The Morgan fingerprint density at radius 2 is 1.93 bits per heavy atom. The van der Waals surface area contributed by atoms with Gasteiger partial charge in [-0.2, -0.15) is 0 Å². The van der Waals surface area contributed by atoms with Crippen molar-refractivity contribution >= 4 is 29.0 Å². The van der Waals surface area contributed by atoms with Crippen LogP contribution in [0.15, 0.2) is 18.2 Å². The third-order valence-corrected chi connectivity index (χ3v) is 2.10. The molecular formula is C10H10ClNO2. The van der Waals surface area contributed by atoms with Crippen LogP contribution in [0, 0.1) is 0 Å². The lowest BCUT2D eigenvalue weighted by Gasteiger charge is -2.07. The number of halogens is 1. The van der Waals surface area contributed by atoms with E-state index in [-0.39, 0.29) is 16.7 Å². The minimum absolute atomic E-state index is 0.123. The molecule has 1 aromatic carbocycles. The molecule has 1 N–H and O–H groups in total. The topological polar surface area (TPSA) is 46.2 Å². The van der Waals surface area contributed by atoms with Crippen LogP contribution in [0.5, 0.6) is 0 Å². The molecule has 74 valence electrons. The Bertz CT molecular complexity index is 388. The summed E-state index contributed by atoms with van der Waals surface area (Å²) in [7, 11) is 0. The third-order valence-electron chi connectivity index (χ3n) is 1.69. The summed E-state index contributed by atoms with van der Waals surface area (Å²) in [5, 5.41) is 2.83. The first kappa shape index (κ1) is 10.7. The quantitative estimate of drug-likeness (QED) is 0.764. The van der Waals surface area contributed by atoms with Gasteiger partial charge in [0.25, 0.3) is 0 Å². The van der Waals surface area contributed by atoms with Gasteiger partial charge in [0.15, 0.2) is 5.78 Å². The van der Waals surface area contributed by atoms with Gasteiger partial charge in [-0.25, -0.2) is 0 Å². The lowest BCUT2D eigenvalue weighted by Crippen LogP contribution is -2.07. The summed E-state index contributed by atoms with van der Waals surface area (Å²) < 4.78 is 0. The molecule has 1 aromatic rings. The van der Waals surface area contributed by atoms with E-state index in [4.69, 9.17) is 11.6 Å². The molecule has 0 aromatic heterocycles. The number of carbonyl (C=O) groups is 2. The summed E-state index contributed by atoms with van der Waals surface area (Å²) in [6.45, 7) is 2.82. The molecule has 0 unspecified atom stereocenters. The largest absolute Gasteiger partial charge is 0.325 e. The zero-order valence-corrected chi connectivity index (χ0v) is 8.68. The number of amides is 1. The first-order valence-corrected chi connectivity index (χ1v) is 4.47. The number of hydrogen-bond donors (Lipinski definition) is 1. The number of carbonyl (C=O) groups excluding carboxylic acids is 2. The van der Waals surface area contributed by atoms with E-state index in [0.29, 0.717) is 11.3 Å². The van der Waals surface area contributed by atoms with Crippen molar-refractivity contribution in [1.29, 1.82) is 0 Å². The van der Waals surface area contributed by atoms with E-state index in [0.717, 1.165) is 0 Å². The molecule has 1 amide bonds. The lowest BCUT2D eigenvalue weighted by atomic mass is 10.1. The van der Waals surface area contributed by atoms with Gasteiger partial charge in [0.1, 0.15) is 0 Å². The summed E-state index contributed by atoms with van der Waals surface area (Å²) in [4.78, 5) is 21.9. The Morgan fingerprint density at radius 3 is 2.43 bits per heavy atom. The fourth-order valence-corrected chi connectivity index (χ4v) is 1.40. The van der Waals surface area contributed by atoms with Crippen molar-refractivity contribution in [3.63, 3.8) is 0 Å². The Labute approximate surface area is 87.1 Å². The SMILES string of the molecule is CC(=O)Nc1cccc(C(C)=O)c1Cl. The van der Waals surface area contributed by atoms with E-state index in [1.807, 2.05) is 0 Å². The first-order chi connectivity index (χ1) is 6.52. The van der Waals surface area contributed by atoms with Crippen LogP contribution in [-0.4, -0.2) is 11.7 Å². The van der Waals surface area contributed by atoms with Gasteiger partial charge in [0, 0.05) is 12.5 Å². The zero-order valence-electron chi connectivity index (χ0n) is 7.93. The standard InChI is InChI=1S/C10H10ClNO2/c1-6(13)8-4-3-5-9(10(8)11)12-7(2)14/h3-5H,1-2H3,(H,12,14). The number of benzene rings is 1. The van der Waals surface area contributed by atoms with Crippen LogP contribution >= 0.6 is 11.6 Å². The molecule has 0 heterocycles. The summed E-state index contributed by atoms with van der Waals surface area (Å²) in [6.07, 6.45) is 0. The van der Waals surface area contributed by atoms with Crippen LogP contribution in [0.2, 0.25) is 5.02 Å². The highest BCUT2D eigenvalue weighted by Crippen LogP contribution is 2.25. The van der Waals surface area contributed by atoms with E-state index in [9.17, 15) is 9.59 Å². The van der Waals surface area contributed by atoms with Crippen molar-refractivity contribution in [2.75, 3.05) is 5.32 Å². The van der Waals surface area contributed by atoms with Crippen molar-refractivity contribution in [3.05, 3.63) is 28.8 Å². The molecule has 0 saturated heterocycles. The molecule has 0 spiro atoms. The van der Waals surface area contributed by atoms with Crippen LogP contribution in [0.3, 0.4) is 0 Å². The van der Waals surface area contributed by atoms with E-state index < -0.39 is 0 Å². The molecule has 14 heavy (non-hydrogen) atoms. The van der Waals surface area contributed by atoms with Crippen LogP contribution in [0.1, 0.15) is 24.2 Å². The van der Waals surface area contributed by atoms with Gasteiger partial charge >= 0.3 is 0 Å². The zero-order chi connectivity index (χ0) is 10.7. The summed E-state index contributed by atoms with van der Waals surface area (Å²) in [6, 6.07) is 4.94. The summed E-state index contributed by atoms with van der Waals surface area (Å²) in [5.74, 6) is -0.338. The molecule has 0 radical (unpaired) electrons. The monoisotopic (exact) mass is 211 g/mol. The number of ketones is 1. The van der Waals surface area contributed by atoms with Gasteiger partial charge in [-0.15, -0.1) is 0 Å². The Hall–Kier alpha value is -1.35. The third kappa shape index (κ3) is 2.33. The highest BCUT2D eigenvalue weighted by molar-refractivity contribution is 6.36. The normalized spacial score (nSPS) is 9.64. The van der Waals surface area contributed by atoms with E-state index in [2.05, 4.69) is 5.32 Å². The Morgan fingerprint density at radius 1 is 1.29 bits per heavy atom. The van der Waals surface area contributed by atoms with Gasteiger partial charge in [0.2, 0.25) is 5.91 Å². The van der Waals surface area contributed by atoms with E-state index in [1.165, 1.54) is 13.8 Å². The molecule has 3 nitrogen and oxygen atoms in total. The van der Waals surface area contributed by atoms with Crippen LogP contribution in [0.25, 0.3) is 0 Å². The second-order valence-electron chi connectivity index (χ2n) is 2.90. The van der Waals surface area contributed by atoms with Gasteiger partial charge in [0.05, 0.1) is 10.7 Å². The van der Waals surface area contributed by atoms with Crippen molar-refractivity contribution in [3.8, 4) is 0 Å². The van der Waals surface area contributed by atoms with Crippen molar-refractivity contribution < 1.29 is 9.59 Å². The lowest BCUT2D eigenvalue weighted by molar-refractivity contribution is -0.114. The fourth-order valence-electron chi connectivity index (χ4n) is 1.09. The highest BCUT2D eigenvalue weighted by Gasteiger charge is 2.09. The maximum absolute atomic E-state index is 11.1. The molecule has 1 rings (SSSR count). The molecule has 0 atom stereocenters. The number of Topliss-reactive ketones (excluding diaryl/α,β-unsaturated/α-hetero) is 1. The van der Waals surface area contributed by atoms with Crippen molar-refractivity contribution in [1.82, 2.24) is 0 Å². The van der Waals surface area contributed by atoms with Crippen LogP contribution in [0.4, 0.5) is 5.69 Å². The fraction of sp³-hybridized carbons (Fsp3) is 0.200. The Balaban J connectivity index is 3.13. The number of rotatable bonds is 2. The van der Waals surface area contributed by atoms with Gasteiger partial charge < -0.3 is 5.32 Å². The predicted octanol–water partition coefficient (Wildman–Crippen LogP) is 2.50. The van der Waals surface area contributed by atoms with Crippen molar-refractivity contribution in [2.24, 2.45) is 0 Å². The number of anilines is 1. The number of nitrogens with one attached hydrogen (secondary N) is 1. The molecule has 0 aliphatic rings. The first-order valence-electron chi connectivity index (χ1n) is 4.09. The van der Waals surface area contributed by atoms with Crippen molar-refractivity contribution in [2.45, 2.75) is 13.8 Å². The molecule has 0 saturated carbocycles. The average Bonchev–Trinajstić information content (AvgIpc) is 2.07. The molecule has 0 bridgehead atoms. The van der Waals surface area contributed by atoms with Gasteiger partial charge in [-0.05, 0) is 19.1 Å². The second kappa shape index (κ2) is 4.24. The summed E-state index contributed by atoms with van der Waals surface area (Å²) in [5.41, 5.74) is 0.879. The number of hydrogen-bond acceptors (Lipinski definition) is 2. The molecular weight excluding hydrogens is 202 g/mol. The minimum Gasteiger partial charge on any atom is -0.325 e. The van der Waals surface area contributed by atoms with Gasteiger partial charge in [-0.3, -0.25) is 9.59 Å². The van der Waals surface area contributed by atoms with Crippen LogP contribution < -0.4 is 5.32 Å². The smallest absolute Gasteiger partial charge is 0.221 e. The van der Waals surface area contributed by atoms with E-state index in [1.54, 1.807) is 18.2 Å². The predicted molar refractivity (Wildman–Crippen MR) is 55.8 cm³/mol. The minimum atomic E-state index is -0.215. The van der Waals surface area contributed by atoms with Gasteiger partial charge in [-0.1, -0.05) is 17.7 Å². The molecule has 0 aliphatic carbocycles. The highest BCUT2D eigenvalue weighted by atomic mass is 35.5.